The van der Waals surface area contributed by atoms with Crippen LogP contribution in [0, 0.1) is 30.6 Å². The van der Waals surface area contributed by atoms with Crippen LogP contribution in [0.1, 0.15) is 17.0 Å². The summed E-state index contributed by atoms with van der Waals surface area (Å²) in [5, 5.41) is 9.31. The van der Waals surface area contributed by atoms with Crippen LogP contribution in [0.4, 0.5) is 0 Å². The maximum atomic E-state index is 12.5. The van der Waals surface area contributed by atoms with Crippen LogP contribution in [-0.2, 0) is 4.79 Å². The highest BCUT2D eigenvalue weighted by molar-refractivity contribution is 5.88. The van der Waals surface area contributed by atoms with Crippen LogP contribution in [0.2, 0.25) is 0 Å². The molecule has 0 spiro atoms. The lowest BCUT2D eigenvalue weighted by atomic mass is 9.82. The van der Waals surface area contributed by atoms with E-state index >= 15 is 0 Å². The fourth-order valence-electron chi connectivity index (χ4n) is 3.27. The third-order valence-corrected chi connectivity index (χ3v) is 4.09. The molecule has 0 aliphatic heterocycles. The summed E-state index contributed by atoms with van der Waals surface area (Å²) in [5.41, 5.74) is 0. The fraction of sp³-hybridized carbons (Fsp3) is 0.462. The molecule has 0 aromatic carbocycles. The number of rotatable bonds is 2. The van der Waals surface area contributed by atoms with E-state index in [0.29, 0.717) is 5.82 Å². The standard InChI is InChI=1S/C13H14N2O3/c1-7-14-4-5-15(7)12(16)10-8-2-3-9(6-8)11(10)13(17)18/h2-5,8-11H,6H2,1H3,(H,17,18). The SMILES string of the molecule is Cc1nccn1C(=O)C1C2C=CC(C2)C1C(=O)O. The second kappa shape index (κ2) is 3.80. The second-order valence-electron chi connectivity index (χ2n) is 5.02. The predicted octanol–water partition coefficient (Wildman–Crippen LogP) is 1.35. The van der Waals surface area contributed by atoms with Crippen molar-refractivity contribution >= 4 is 11.9 Å². The zero-order chi connectivity index (χ0) is 12.9. The third-order valence-electron chi connectivity index (χ3n) is 4.09. The van der Waals surface area contributed by atoms with Crippen LogP contribution < -0.4 is 0 Å². The number of imidazole rings is 1. The molecule has 1 aromatic heterocycles. The summed E-state index contributed by atoms with van der Waals surface area (Å²) in [7, 11) is 0. The molecule has 2 aliphatic carbocycles. The maximum Gasteiger partial charge on any atom is 0.307 e. The van der Waals surface area contributed by atoms with Crippen LogP contribution in [0.25, 0.3) is 0 Å². The Kier molecular flexibility index (Phi) is 2.36. The van der Waals surface area contributed by atoms with Gasteiger partial charge in [0.15, 0.2) is 0 Å². The summed E-state index contributed by atoms with van der Waals surface area (Å²) in [4.78, 5) is 27.8. The summed E-state index contributed by atoms with van der Waals surface area (Å²) >= 11 is 0. The molecule has 0 saturated heterocycles. The van der Waals surface area contributed by atoms with Crippen molar-refractivity contribution in [3.63, 3.8) is 0 Å². The van der Waals surface area contributed by atoms with Gasteiger partial charge in [-0.25, -0.2) is 4.98 Å². The summed E-state index contributed by atoms with van der Waals surface area (Å²) in [5.74, 6) is -1.39. The summed E-state index contributed by atoms with van der Waals surface area (Å²) in [6.45, 7) is 1.75. The number of nitrogens with zero attached hydrogens (tertiary/aromatic N) is 2. The Morgan fingerprint density at radius 3 is 2.56 bits per heavy atom. The molecular formula is C13H14N2O3. The summed E-state index contributed by atoms with van der Waals surface area (Å²) in [6, 6.07) is 0. The van der Waals surface area contributed by atoms with Gasteiger partial charge in [0.2, 0.25) is 5.91 Å². The van der Waals surface area contributed by atoms with E-state index in [1.165, 1.54) is 4.57 Å². The van der Waals surface area contributed by atoms with Crippen molar-refractivity contribution in [2.75, 3.05) is 0 Å². The number of hydrogen-bond donors (Lipinski definition) is 1. The molecule has 5 nitrogen and oxygen atoms in total. The quantitative estimate of drug-likeness (QED) is 0.799. The van der Waals surface area contributed by atoms with E-state index in [0.717, 1.165) is 6.42 Å². The molecule has 5 heteroatoms. The molecule has 4 unspecified atom stereocenters. The molecule has 1 saturated carbocycles. The van der Waals surface area contributed by atoms with Gasteiger partial charge in [-0.3, -0.25) is 14.2 Å². The number of carbonyl (C=O) groups excluding carboxylic acids is 1. The lowest BCUT2D eigenvalue weighted by Gasteiger charge is -2.23. The molecule has 1 N–H and O–H groups in total. The number of carboxylic acids is 1. The first-order valence-corrected chi connectivity index (χ1v) is 6.05. The van der Waals surface area contributed by atoms with Crippen molar-refractivity contribution in [3.8, 4) is 0 Å². The van der Waals surface area contributed by atoms with Gasteiger partial charge in [0.25, 0.3) is 0 Å². The Labute approximate surface area is 104 Å². The smallest absolute Gasteiger partial charge is 0.307 e. The number of fused-ring (bicyclic) bond motifs is 2. The Morgan fingerprint density at radius 2 is 2.00 bits per heavy atom. The first kappa shape index (κ1) is 11.2. The van der Waals surface area contributed by atoms with Gasteiger partial charge in [0.1, 0.15) is 5.82 Å². The lowest BCUT2D eigenvalue weighted by molar-refractivity contribution is -0.143. The predicted molar refractivity (Wildman–Crippen MR) is 62.9 cm³/mol. The first-order chi connectivity index (χ1) is 8.59. The van der Waals surface area contributed by atoms with Crippen LogP contribution >= 0.6 is 0 Å². The van der Waals surface area contributed by atoms with Gasteiger partial charge in [0.05, 0.1) is 11.8 Å². The third kappa shape index (κ3) is 1.43. The summed E-state index contributed by atoms with van der Waals surface area (Å²) in [6.07, 6.45) is 7.87. The largest absolute Gasteiger partial charge is 0.481 e. The van der Waals surface area contributed by atoms with Crippen LogP contribution in [0.15, 0.2) is 24.5 Å². The molecule has 3 rings (SSSR count). The average Bonchev–Trinajstić information content (AvgIpc) is 3.01. The van der Waals surface area contributed by atoms with Crippen molar-refractivity contribution in [3.05, 3.63) is 30.4 Å². The highest BCUT2D eigenvalue weighted by atomic mass is 16.4. The molecule has 0 amide bonds. The minimum absolute atomic E-state index is 0.00489. The van der Waals surface area contributed by atoms with E-state index in [4.69, 9.17) is 0 Å². The monoisotopic (exact) mass is 246 g/mol. The normalized spacial score (nSPS) is 32.9. The minimum Gasteiger partial charge on any atom is -0.481 e. The Bertz CT molecular complexity index is 546. The molecule has 0 radical (unpaired) electrons. The van der Waals surface area contributed by atoms with Gasteiger partial charge in [-0.1, -0.05) is 12.2 Å². The van der Waals surface area contributed by atoms with E-state index in [9.17, 15) is 14.7 Å². The van der Waals surface area contributed by atoms with E-state index in [2.05, 4.69) is 4.98 Å². The molecule has 1 heterocycles. The van der Waals surface area contributed by atoms with Gasteiger partial charge in [0, 0.05) is 12.4 Å². The van der Waals surface area contributed by atoms with Crippen LogP contribution in [-0.4, -0.2) is 26.5 Å². The van der Waals surface area contributed by atoms with Gasteiger partial charge in [-0.15, -0.1) is 0 Å². The number of aromatic nitrogens is 2. The van der Waals surface area contributed by atoms with E-state index < -0.39 is 17.8 Å². The van der Waals surface area contributed by atoms with Gasteiger partial charge in [-0.05, 0) is 25.2 Å². The molecule has 2 aliphatic rings. The Morgan fingerprint density at radius 1 is 1.33 bits per heavy atom. The van der Waals surface area contributed by atoms with Crippen molar-refractivity contribution in [2.45, 2.75) is 13.3 Å². The maximum absolute atomic E-state index is 12.5. The van der Waals surface area contributed by atoms with Gasteiger partial charge < -0.3 is 5.11 Å². The topological polar surface area (TPSA) is 72.2 Å². The molecule has 1 fully saturated rings. The van der Waals surface area contributed by atoms with E-state index in [1.54, 1.807) is 19.3 Å². The fourth-order valence-corrected chi connectivity index (χ4v) is 3.27. The number of allylic oxidation sites excluding steroid dienone is 2. The molecule has 4 atom stereocenters. The van der Waals surface area contributed by atoms with Crippen molar-refractivity contribution in [2.24, 2.45) is 23.7 Å². The zero-order valence-electron chi connectivity index (χ0n) is 9.98. The summed E-state index contributed by atoms with van der Waals surface area (Å²) < 4.78 is 1.47. The van der Waals surface area contributed by atoms with Crippen molar-refractivity contribution in [1.82, 2.24) is 9.55 Å². The molecule has 94 valence electrons. The van der Waals surface area contributed by atoms with E-state index in [-0.39, 0.29) is 17.7 Å². The highest BCUT2D eigenvalue weighted by Crippen LogP contribution is 2.48. The Balaban J connectivity index is 1.96. The molecular weight excluding hydrogens is 232 g/mol. The van der Waals surface area contributed by atoms with E-state index in [1.807, 2.05) is 12.2 Å². The van der Waals surface area contributed by atoms with Gasteiger partial charge >= 0.3 is 5.97 Å². The number of hydrogen-bond acceptors (Lipinski definition) is 3. The van der Waals surface area contributed by atoms with Gasteiger partial charge in [-0.2, -0.15) is 0 Å². The van der Waals surface area contributed by atoms with Crippen molar-refractivity contribution < 1.29 is 14.7 Å². The highest BCUT2D eigenvalue weighted by Gasteiger charge is 2.52. The first-order valence-electron chi connectivity index (χ1n) is 6.05. The minimum atomic E-state index is -0.872. The lowest BCUT2D eigenvalue weighted by Crippen LogP contribution is -2.36. The zero-order valence-corrected chi connectivity index (χ0v) is 9.98. The number of carbonyl (C=O) groups is 2. The van der Waals surface area contributed by atoms with Crippen LogP contribution in [0.5, 0.6) is 0 Å². The van der Waals surface area contributed by atoms with Crippen molar-refractivity contribution in [1.29, 1.82) is 0 Å². The molecule has 1 aromatic rings. The number of aryl methyl sites for hydroxylation is 1. The average molecular weight is 246 g/mol. The Hall–Kier alpha value is -1.91. The number of aliphatic carboxylic acids is 1. The number of carboxylic acid groups (broad SMARTS) is 1. The molecule has 18 heavy (non-hydrogen) atoms. The second-order valence-corrected chi connectivity index (χ2v) is 5.02. The van der Waals surface area contributed by atoms with Crippen LogP contribution in [0.3, 0.4) is 0 Å². The molecule has 2 bridgehead atoms.